The van der Waals surface area contributed by atoms with Gasteiger partial charge in [-0.2, -0.15) is 5.26 Å². The fourth-order valence-corrected chi connectivity index (χ4v) is 2.75. The van der Waals surface area contributed by atoms with Crippen molar-refractivity contribution in [2.24, 2.45) is 0 Å². The highest BCUT2D eigenvalue weighted by Gasteiger charge is 2.37. The Morgan fingerprint density at radius 3 is 2.71 bits per heavy atom. The molecule has 0 aromatic heterocycles. The molecule has 0 bridgehead atoms. The maximum atomic E-state index is 13.1. The summed E-state index contributed by atoms with van der Waals surface area (Å²) in [5.41, 5.74) is 1.42. The number of rotatable bonds is 3. The summed E-state index contributed by atoms with van der Waals surface area (Å²) in [5, 5.41) is 11.6. The molecule has 1 aliphatic heterocycles. The summed E-state index contributed by atoms with van der Waals surface area (Å²) in [4.78, 5) is 26.1. The summed E-state index contributed by atoms with van der Waals surface area (Å²) in [6, 6.07) is 13.4. The number of halogens is 1. The van der Waals surface area contributed by atoms with Gasteiger partial charge in [0.1, 0.15) is 11.9 Å². The lowest BCUT2D eigenvalue weighted by atomic mass is 10.1. The predicted octanol–water partition coefficient (Wildman–Crippen LogP) is 2.83. The minimum atomic E-state index is -0.659. The van der Waals surface area contributed by atoms with E-state index >= 15 is 0 Å². The SMILES string of the molecule is N#Cc1cccc(NC(=O)C2CCC(=O)N2c2ccc(F)cc2)c1. The first-order valence-corrected chi connectivity index (χ1v) is 7.47. The van der Waals surface area contributed by atoms with Crippen LogP contribution in [0.4, 0.5) is 15.8 Å². The van der Waals surface area contributed by atoms with Gasteiger partial charge in [0.15, 0.2) is 0 Å². The number of nitrogens with zero attached hydrogens (tertiary/aromatic N) is 2. The molecule has 5 nitrogen and oxygen atoms in total. The second-order valence-corrected chi connectivity index (χ2v) is 5.48. The van der Waals surface area contributed by atoms with Crippen LogP contribution in [0.25, 0.3) is 0 Å². The molecule has 1 fully saturated rings. The third kappa shape index (κ3) is 3.10. The molecule has 1 unspecified atom stereocenters. The van der Waals surface area contributed by atoms with E-state index in [1.54, 1.807) is 24.3 Å². The Morgan fingerprint density at radius 1 is 1.25 bits per heavy atom. The first-order chi connectivity index (χ1) is 11.6. The molecule has 1 aliphatic rings. The zero-order valence-corrected chi connectivity index (χ0v) is 12.7. The lowest BCUT2D eigenvalue weighted by molar-refractivity contribution is -0.120. The summed E-state index contributed by atoms with van der Waals surface area (Å²) in [6.45, 7) is 0. The monoisotopic (exact) mass is 323 g/mol. The fraction of sp³-hybridized carbons (Fsp3) is 0.167. The first kappa shape index (κ1) is 15.7. The normalized spacial score (nSPS) is 16.8. The quantitative estimate of drug-likeness (QED) is 0.944. The van der Waals surface area contributed by atoms with Crippen LogP contribution >= 0.6 is 0 Å². The first-order valence-electron chi connectivity index (χ1n) is 7.47. The van der Waals surface area contributed by atoms with Crippen molar-refractivity contribution in [1.82, 2.24) is 0 Å². The molecule has 0 aliphatic carbocycles. The Morgan fingerprint density at radius 2 is 2.00 bits per heavy atom. The van der Waals surface area contributed by atoms with E-state index in [1.807, 2.05) is 6.07 Å². The van der Waals surface area contributed by atoms with Gasteiger partial charge in [-0.3, -0.25) is 14.5 Å². The number of carbonyl (C=O) groups is 2. The van der Waals surface area contributed by atoms with Crippen molar-refractivity contribution in [1.29, 1.82) is 5.26 Å². The highest BCUT2D eigenvalue weighted by atomic mass is 19.1. The molecular weight excluding hydrogens is 309 g/mol. The van der Waals surface area contributed by atoms with Gasteiger partial charge in [0.05, 0.1) is 11.6 Å². The van der Waals surface area contributed by atoms with E-state index < -0.39 is 11.9 Å². The number of anilines is 2. The molecule has 1 atom stereocenters. The Balaban J connectivity index is 1.81. The van der Waals surface area contributed by atoms with Gasteiger partial charge < -0.3 is 5.32 Å². The fourth-order valence-electron chi connectivity index (χ4n) is 2.75. The van der Waals surface area contributed by atoms with Crippen LogP contribution in [-0.4, -0.2) is 17.9 Å². The van der Waals surface area contributed by atoms with E-state index in [2.05, 4.69) is 5.32 Å². The average Bonchev–Trinajstić information content (AvgIpc) is 2.97. The van der Waals surface area contributed by atoms with Crippen LogP contribution in [0.15, 0.2) is 48.5 Å². The van der Waals surface area contributed by atoms with Gasteiger partial charge in [0.2, 0.25) is 11.8 Å². The van der Waals surface area contributed by atoms with Crippen LogP contribution in [-0.2, 0) is 9.59 Å². The van der Waals surface area contributed by atoms with E-state index in [-0.39, 0.29) is 18.2 Å². The summed E-state index contributed by atoms with van der Waals surface area (Å²) in [6.07, 6.45) is 0.647. The number of carbonyl (C=O) groups excluding carboxylic acids is 2. The number of nitrogens with one attached hydrogen (secondary N) is 1. The highest BCUT2D eigenvalue weighted by Crippen LogP contribution is 2.27. The molecule has 3 rings (SSSR count). The second kappa shape index (κ2) is 6.50. The molecule has 0 spiro atoms. The number of hydrogen-bond donors (Lipinski definition) is 1. The maximum absolute atomic E-state index is 13.1. The van der Waals surface area contributed by atoms with Gasteiger partial charge in [-0.05, 0) is 48.9 Å². The van der Waals surface area contributed by atoms with Crippen molar-refractivity contribution in [2.75, 3.05) is 10.2 Å². The van der Waals surface area contributed by atoms with Crippen LogP contribution in [0.2, 0.25) is 0 Å². The molecule has 6 heteroatoms. The van der Waals surface area contributed by atoms with Crippen LogP contribution in [0, 0.1) is 17.1 Å². The maximum Gasteiger partial charge on any atom is 0.247 e. The smallest absolute Gasteiger partial charge is 0.247 e. The van der Waals surface area contributed by atoms with E-state index in [4.69, 9.17) is 5.26 Å². The van der Waals surface area contributed by atoms with Crippen molar-refractivity contribution < 1.29 is 14.0 Å². The van der Waals surface area contributed by atoms with Gasteiger partial charge in [-0.1, -0.05) is 6.07 Å². The molecule has 1 saturated heterocycles. The molecular formula is C18H14FN3O2. The third-order valence-electron chi connectivity index (χ3n) is 3.88. The van der Waals surface area contributed by atoms with Crippen LogP contribution in [0.5, 0.6) is 0 Å². The summed E-state index contributed by atoms with van der Waals surface area (Å²) in [7, 11) is 0. The van der Waals surface area contributed by atoms with E-state index in [9.17, 15) is 14.0 Å². The zero-order valence-electron chi connectivity index (χ0n) is 12.7. The molecule has 1 N–H and O–H groups in total. The van der Waals surface area contributed by atoms with Crippen molar-refractivity contribution >= 4 is 23.2 Å². The van der Waals surface area contributed by atoms with Crippen molar-refractivity contribution in [3.8, 4) is 6.07 Å². The number of nitriles is 1. The second-order valence-electron chi connectivity index (χ2n) is 5.48. The van der Waals surface area contributed by atoms with Crippen LogP contribution < -0.4 is 10.2 Å². The number of amides is 2. The average molecular weight is 323 g/mol. The van der Waals surface area contributed by atoms with E-state index in [0.29, 0.717) is 23.4 Å². The lowest BCUT2D eigenvalue weighted by Crippen LogP contribution is -2.41. The Labute approximate surface area is 138 Å². The Hall–Kier alpha value is -3.20. The van der Waals surface area contributed by atoms with E-state index in [1.165, 1.54) is 29.2 Å². The number of hydrogen-bond acceptors (Lipinski definition) is 3. The predicted molar refractivity (Wildman–Crippen MR) is 86.7 cm³/mol. The van der Waals surface area contributed by atoms with Gasteiger partial charge in [-0.15, -0.1) is 0 Å². The van der Waals surface area contributed by atoms with Crippen LogP contribution in [0.3, 0.4) is 0 Å². The molecule has 2 aromatic carbocycles. The minimum absolute atomic E-state index is 0.174. The van der Waals surface area contributed by atoms with Crippen molar-refractivity contribution in [2.45, 2.75) is 18.9 Å². The molecule has 0 radical (unpaired) electrons. The molecule has 2 amide bonds. The topological polar surface area (TPSA) is 73.2 Å². The van der Waals surface area contributed by atoms with Crippen molar-refractivity contribution in [3.05, 3.63) is 59.9 Å². The highest BCUT2D eigenvalue weighted by molar-refractivity contribution is 6.07. The largest absolute Gasteiger partial charge is 0.324 e. The third-order valence-corrected chi connectivity index (χ3v) is 3.88. The molecule has 2 aromatic rings. The van der Waals surface area contributed by atoms with Crippen molar-refractivity contribution in [3.63, 3.8) is 0 Å². The van der Waals surface area contributed by atoms with Gasteiger partial charge >= 0.3 is 0 Å². The Kier molecular flexibility index (Phi) is 4.25. The van der Waals surface area contributed by atoms with Gasteiger partial charge in [-0.25, -0.2) is 4.39 Å². The van der Waals surface area contributed by atoms with Gasteiger partial charge in [0, 0.05) is 17.8 Å². The van der Waals surface area contributed by atoms with Crippen LogP contribution in [0.1, 0.15) is 18.4 Å². The summed E-state index contributed by atoms with van der Waals surface area (Å²) >= 11 is 0. The molecule has 120 valence electrons. The molecule has 24 heavy (non-hydrogen) atoms. The Bertz CT molecular complexity index is 827. The number of benzene rings is 2. The van der Waals surface area contributed by atoms with E-state index in [0.717, 1.165) is 0 Å². The minimum Gasteiger partial charge on any atom is -0.324 e. The lowest BCUT2D eigenvalue weighted by Gasteiger charge is -2.24. The molecule has 0 saturated carbocycles. The standard InChI is InChI=1S/C18H14FN3O2/c19-13-4-6-15(7-5-13)22-16(8-9-17(22)23)18(24)21-14-3-1-2-12(10-14)11-20/h1-7,10,16H,8-9H2,(H,21,24). The zero-order chi connectivity index (χ0) is 17.1. The molecule has 1 heterocycles. The summed E-state index contributed by atoms with van der Waals surface area (Å²) < 4.78 is 13.1. The summed E-state index contributed by atoms with van der Waals surface area (Å²) in [5.74, 6) is -0.910. The van der Waals surface area contributed by atoms with Gasteiger partial charge in [0.25, 0.3) is 0 Å².